The van der Waals surface area contributed by atoms with Gasteiger partial charge in [0, 0.05) is 18.7 Å². The molecule has 1 N–H and O–H groups in total. The van der Waals surface area contributed by atoms with E-state index in [9.17, 15) is 4.79 Å². The van der Waals surface area contributed by atoms with Crippen LogP contribution in [0.2, 0.25) is 0 Å². The minimum Gasteiger partial charge on any atom is -0.497 e. The molecule has 0 radical (unpaired) electrons. The number of ether oxygens (including phenoxy) is 2. The quantitative estimate of drug-likeness (QED) is 0.918. The van der Waals surface area contributed by atoms with Gasteiger partial charge in [0.2, 0.25) is 5.95 Å². The largest absolute Gasteiger partial charge is 0.497 e. The van der Waals surface area contributed by atoms with Crippen molar-refractivity contribution in [3.63, 3.8) is 0 Å². The molecule has 7 nitrogen and oxygen atoms in total. The molecular formula is C18H22N4O3. The Bertz CT molecular complexity index is 750. The molecule has 3 rings (SSSR count). The number of nitrogens with one attached hydrogen (secondary N) is 1. The van der Waals surface area contributed by atoms with Gasteiger partial charge in [-0.15, -0.1) is 0 Å². The number of aryl methyl sites for hydroxylation is 2. The third-order valence-electron chi connectivity index (χ3n) is 4.12. The van der Waals surface area contributed by atoms with Gasteiger partial charge in [-0.3, -0.25) is 4.79 Å². The van der Waals surface area contributed by atoms with Crippen molar-refractivity contribution in [3.8, 4) is 5.75 Å². The summed E-state index contributed by atoms with van der Waals surface area (Å²) in [5, 5.41) is 2.91. The zero-order valence-corrected chi connectivity index (χ0v) is 14.7. The van der Waals surface area contributed by atoms with Crippen molar-refractivity contribution >= 4 is 17.5 Å². The summed E-state index contributed by atoms with van der Waals surface area (Å²) in [6.07, 6.45) is 0. The predicted octanol–water partition coefficient (Wildman–Crippen LogP) is 2.19. The molecule has 0 unspecified atom stereocenters. The lowest BCUT2D eigenvalue weighted by Gasteiger charge is -2.27. The topological polar surface area (TPSA) is 76.6 Å². The Hall–Kier alpha value is -2.67. The summed E-state index contributed by atoms with van der Waals surface area (Å²) in [5.74, 6) is 1.10. The number of aromatic nitrogens is 2. The van der Waals surface area contributed by atoms with Gasteiger partial charge in [0.05, 0.1) is 37.4 Å². The van der Waals surface area contributed by atoms with E-state index in [1.54, 1.807) is 31.4 Å². The first-order chi connectivity index (χ1) is 12.1. The number of rotatable bonds is 4. The van der Waals surface area contributed by atoms with Crippen LogP contribution in [-0.2, 0) is 4.74 Å². The third kappa shape index (κ3) is 3.88. The molecule has 1 amide bonds. The maximum atomic E-state index is 12.5. The Morgan fingerprint density at radius 3 is 2.52 bits per heavy atom. The van der Waals surface area contributed by atoms with Crippen LogP contribution in [0.25, 0.3) is 0 Å². The van der Waals surface area contributed by atoms with Crippen LogP contribution >= 0.6 is 0 Å². The van der Waals surface area contributed by atoms with E-state index in [2.05, 4.69) is 20.2 Å². The summed E-state index contributed by atoms with van der Waals surface area (Å²) < 4.78 is 10.5. The van der Waals surface area contributed by atoms with E-state index in [0.29, 0.717) is 36.2 Å². The van der Waals surface area contributed by atoms with E-state index in [-0.39, 0.29) is 5.91 Å². The molecule has 0 aliphatic carbocycles. The fraction of sp³-hybridized carbons (Fsp3) is 0.389. The lowest BCUT2D eigenvalue weighted by atomic mass is 10.2. The van der Waals surface area contributed by atoms with Crippen LogP contribution in [0.4, 0.5) is 11.6 Å². The summed E-state index contributed by atoms with van der Waals surface area (Å²) >= 11 is 0. The van der Waals surface area contributed by atoms with Gasteiger partial charge in [-0.2, -0.15) is 0 Å². The van der Waals surface area contributed by atoms with Gasteiger partial charge in [-0.1, -0.05) is 6.07 Å². The van der Waals surface area contributed by atoms with E-state index in [1.165, 1.54) is 0 Å². The molecule has 1 saturated heterocycles. The van der Waals surface area contributed by atoms with Crippen LogP contribution in [0.1, 0.15) is 21.7 Å². The molecule has 25 heavy (non-hydrogen) atoms. The monoisotopic (exact) mass is 342 g/mol. The van der Waals surface area contributed by atoms with Crippen molar-refractivity contribution in [1.29, 1.82) is 0 Å². The summed E-state index contributed by atoms with van der Waals surface area (Å²) in [4.78, 5) is 23.7. The standard InChI is InChI=1S/C18H22N4O3/c1-12-16(21-17(23)14-5-4-6-15(11-14)24-3)13(2)20-18(19-12)22-7-9-25-10-8-22/h4-6,11H,7-10H2,1-3H3,(H,21,23). The molecule has 1 aromatic carbocycles. The van der Waals surface area contributed by atoms with Gasteiger partial charge in [-0.05, 0) is 32.0 Å². The van der Waals surface area contributed by atoms with Gasteiger partial charge in [0.15, 0.2) is 0 Å². The zero-order chi connectivity index (χ0) is 17.8. The third-order valence-corrected chi connectivity index (χ3v) is 4.12. The number of benzene rings is 1. The molecule has 0 bridgehead atoms. The van der Waals surface area contributed by atoms with Crippen molar-refractivity contribution in [2.75, 3.05) is 43.6 Å². The van der Waals surface area contributed by atoms with E-state index in [1.807, 2.05) is 13.8 Å². The molecule has 1 aromatic heterocycles. The lowest BCUT2D eigenvalue weighted by Crippen LogP contribution is -2.37. The van der Waals surface area contributed by atoms with Crippen molar-refractivity contribution in [2.24, 2.45) is 0 Å². The minimum absolute atomic E-state index is 0.215. The molecule has 0 spiro atoms. The average Bonchev–Trinajstić information content (AvgIpc) is 2.65. The van der Waals surface area contributed by atoms with Crippen LogP contribution in [0.15, 0.2) is 24.3 Å². The van der Waals surface area contributed by atoms with Crippen LogP contribution in [0.3, 0.4) is 0 Å². The lowest BCUT2D eigenvalue weighted by molar-refractivity contribution is 0.102. The Morgan fingerprint density at radius 1 is 1.20 bits per heavy atom. The van der Waals surface area contributed by atoms with Crippen molar-refractivity contribution < 1.29 is 14.3 Å². The highest BCUT2D eigenvalue weighted by Gasteiger charge is 2.18. The van der Waals surface area contributed by atoms with Gasteiger partial charge in [0.1, 0.15) is 5.75 Å². The highest BCUT2D eigenvalue weighted by atomic mass is 16.5. The molecular weight excluding hydrogens is 320 g/mol. The highest BCUT2D eigenvalue weighted by molar-refractivity contribution is 6.05. The first-order valence-electron chi connectivity index (χ1n) is 8.22. The van der Waals surface area contributed by atoms with Gasteiger partial charge >= 0.3 is 0 Å². The smallest absolute Gasteiger partial charge is 0.255 e. The summed E-state index contributed by atoms with van der Waals surface area (Å²) in [7, 11) is 1.57. The molecule has 0 saturated carbocycles. The summed E-state index contributed by atoms with van der Waals surface area (Å²) in [6.45, 7) is 6.65. The maximum Gasteiger partial charge on any atom is 0.255 e. The molecule has 2 aromatic rings. The molecule has 7 heteroatoms. The minimum atomic E-state index is -0.215. The molecule has 0 atom stereocenters. The number of amides is 1. The number of anilines is 2. The van der Waals surface area contributed by atoms with Crippen LogP contribution in [-0.4, -0.2) is 49.3 Å². The van der Waals surface area contributed by atoms with Crippen molar-refractivity contribution in [2.45, 2.75) is 13.8 Å². The maximum absolute atomic E-state index is 12.5. The second-order valence-electron chi connectivity index (χ2n) is 5.85. The predicted molar refractivity (Wildman–Crippen MR) is 95.5 cm³/mol. The number of methoxy groups -OCH3 is 1. The Labute approximate surface area is 147 Å². The first kappa shape index (κ1) is 17.2. The number of morpholine rings is 1. The van der Waals surface area contributed by atoms with Gasteiger partial charge in [-0.25, -0.2) is 9.97 Å². The van der Waals surface area contributed by atoms with Crippen LogP contribution in [0, 0.1) is 13.8 Å². The van der Waals surface area contributed by atoms with Crippen LogP contribution in [0.5, 0.6) is 5.75 Å². The fourth-order valence-corrected chi connectivity index (χ4v) is 2.73. The Morgan fingerprint density at radius 2 is 1.88 bits per heavy atom. The normalized spacial score (nSPS) is 14.3. The van der Waals surface area contributed by atoms with Gasteiger partial charge < -0.3 is 19.7 Å². The fourth-order valence-electron chi connectivity index (χ4n) is 2.73. The number of carbonyl (C=O) groups excluding carboxylic acids is 1. The van der Waals surface area contributed by atoms with E-state index >= 15 is 0 Å². The molecule has 1 aliphatic heterocycles. The van der Waals surface area contributed by atoms with Gasteiger partial charge in [0.25, 0.3) is 5.91 Å². The molecule has 1 aliphatic rings. The second-order valence-corrected chi connectivity index (χ2v) is 5.85. The Balaban J connectivity index is 1.81. The average molecular weight is 342 g/mol. The van der Waals surface area contributed by atoms with Crippen molar-refractivity contribution in [1.82, 2.24) is 9.97 Å². The zero-order valence-electron chi connectivity index (χ0n) is 14.7. The van der Waals surface area contributed by atoms with Crippen molar-refractivity contribution in [3.05, 3.63) is 41.2 Å². The Kier molecular flexibility index (Phi) is 5.14. The number of hydrogen-bond acceptors (Lipinski definition) is 6. The summed E-state index contributed by atoms with van der Waals surface area (Å²) in [5.41, 5.74) is 2.65. The van der Waals surface area contributed by atoms with E-state index < -0.39 is 0 Å². The SMILES string of the molecule is COc1cccc(C(=O)Nc2c(C)nc(N3CCOCC3)nc2C)c1. The number of carbonyl (C=O) groups is 1. The molecule has 2 heterocycles. The number of nitrogens with zero attached hydrogens (tertiary/aromatic N) is 3. The van der Waals surface area contributed by atoms with E-state index in [4.69, 9.17) is 9.47 Å². The number of hydrogen-bond donors (Lipinski definition) is 1. The second kappa shape index (κ2) is 7.48. The first-order valence-corrected chi connectivity index (χ1v) is 8.22. The highest BCUT2D eigenvalue weighted by Crippen LogP contribution is 2.22. The van der Waals surface area contributed by atoms with E-state index in [0.717, 1.165) is 24.5 Å². The summed E-state index contributed by atoms with van der Waals surface area (Å²) in [6, 6.07) is 7.02. The molecule has 1 fully saturated rings. The van der Waals surface area contributed by atoms with Crippen LogP contribution < -0.4 is 15.0 Å². The molecule has 132 valence electrons.